The number of hydrogen-bond acceptors (Lipinski definition) is 6. The molecule has 2 aromatic carbocycles. The molecule has 0 aliphatic carbocycles. The van der Waals surface area contributed by atoms with Crippen molar-refractivity contribution in [3.63, 3.8) is 0 Å². The Morgan fingerprint density at radius 1 is 1.11 bits per heavy atom. The highest BCUT2D eigenvalue weighted by Crippen LogP contribution is 2.25. The van der Waals surface area contributed by atoms with E-state index in [1.165, 1.54) is 11.8 Å². The van der Waals surface area contributed by atoms with E-state index in [0.717, 1.165) is 0 Å². The van der Waals surface area contributed by atoms with Gasteiger partial charge < -0.3 is 14.5 Å². The second-order valence-corrected chi connectivity index (χ2v) is 7.34. The summed E-state index contributed by atoms with van der Waals surface area (Å²) in [6, 6.07) is 14.2. The van der Waals surface area contributed by atoms with Crippen molar-refractivity contribution in [2.45, 2.75) is 25.0 Å². The first-order chi connectivity index (χ1) is 13.0. The number of rotatable bonds is 7. The maximum atomic E-state index is 12.1. The molecular weight excluding hydrogens is 386 g/mol. The van der Waals surface area contributed by atoms with Gasteiger partial charge in [0.05, 0.1) is 5.75 Å². The van der Waals surface area contributed by atoms with Gasteiger partial charge in [0.25, 0.3) is 5.22 Å². The van der Waals surface area contributed by atoms with Crippen LogP contribution in [0.3, 0.4) is 0 Å². The third-order valence-electron chi connectivity index (χ3n) is 3.43. The van der Waals surface area contributed by atoms with E-state index in [1.54, 1.807) is 48.5 Å². The number of ether oxygens (including phenoxy) is 1. The largest absolute Gasteiger partial charge is 0.457 e. The molecule has 1 amide bonds. The number of halogens is 1. The number of anilines is 1. The van der Waals surface area contributed by atoms with Crippen molar-refractivity contribution in [1.82, 2.24) is 10.2 Å². The minimum Gasteiger partial charge on any atom is -0.457 e. The zero-order valence-corrected chi connectivity index (χ0v) is 16.4. The standard InChI is InChI=1S/C19H18ClN3O3S/c1-12(2)18-22-23-19(26-18)27-11-17(24)21-14-5-9-16(10-6-14)25-15-7-3-13(20)4-8-15/h3-10,12H,11H2,1-2H3,(H,21,24). The molecule has 0 radical (unpaired) electrons. The zero-order chi connectivity index (χ0) is 19.2. The van der Waals surface area contributed by atoms with E-state index < -0.39 is 0 Å². The number of carbonyl (C=O) groups excluding carboxylic acids is 1. The number of nitrogens with zero attached hydrogens (tertiary/aromatic N) is 2. The van der Waals surface area contributed by atoms with Crippen LogP contribution in [-0.2, 0) is 4.79 Å². The van der Waals surface area contributed by atoms with E-state index in [-0.39, 0.29) is 17.6 Å². The Bertz CT molecular complexity index is 895. The summed E-state index contributed by atoms with van der Waals surface area (Å²) in [5.74, 6) is 2.10. The summed E-state index contributed by atoms with van der Waals surface area (Å²) in [5.41, 5.74) is 0.678. The van der Waals surface area contributed by atoms with Crippen LogP contribution in [0.15, 0.2) is 58.2 Å². The lowest BCUT2D eigenvalue weighted by Crippen LogP contribution is -2.13. The first-order valence-corrected chi connectivity index (χ1v) is 9.65. The third kappa shape index (κ3) is 5.74. The average Bonchev–Trinajstić information content (AvgIpc) is 3.13. The monoisotopic (exact) mass is 403 g/mol. The predicted molar refractivity (Wildman–Crippen MR) is 106 cm³/mol. The zero-order valence-electron chi connectivity index (χ0n) is 14.8. The van der Waals surface area contributed by atoms with Crippen molar-refractivity contribution in [2.24, 2.45) is 0 Å². The molecular formula is C19H18ClN3O3S. The van der Waals surface area contributed by atoms with Crippen molar-refractivity contribution in [3.8, 4) is 11.5 Å². The third-order valence-corrected chi connectivity index (χ3v) is 4.50. The summed E-state index contributed by atoms with van der Waals surface area (Å²) in [7, 11) is 0. The Balaban J connectivity index is 1.49. The molecule has 0 fully saturated rings. The van der Waals surface area contributed by atoms with Crippen molar-refractivity contribution in [3.05, 3.63) is 59.4 Å². The molecule has 0 spiro atoms. The molecule has 1 N–H and O–H groups in total. The lowest BCUT2D eigenvalue weighted by atomic mass is 10.2. The molecule has 8 heteroatoms. The lowest BCUT2D eigenvalue weighted by Gasteiger charge is -2.08. The molecule has 27 heavy (non-hydrogen) atoms. The Labute approximate surface area is 166 Å². The van der Waals surface area contributed by atoms with Crippen LogP contribution in [-0.4, -0.2) is 21.9 Å². The molecule has 0 saturated heterocycles. The van der Waals surface area contributed by atoms with Crippen molar-refractivity contribution in [1.29, 1.82) is 0 Å². The highest BCUT2D eigenvalue weighted by molar-refractivity contribution is 7.99. The Morgan fingerprint density at radius 3 is 2.33 bits per heavy atom. The van der Waals surface area contributed by atoms with Crippen LogP contribution in [0, 0.1) is 0 Å². The smallest absolute Gasteiger partial charge is 0.277 e. The van der Waals surface area contributed by atoms with E-state index in [0.29, 0.717) is 33.3 Å². The molecule has 6 nitrogen and oxygen atoms in total. The van der Waals surface area contributed by atoms with Gasteiger partial charge in [0, 0.05) is 16.6 Å². The van der Waals surface area contributed by atoms with Crippen LogP contribution in [0.2, 0.25) is 5.02 Å². The Hall–Kier alpha value is -2.51. The minimum atomic E-state index is -0.157. The van der Waals surface area contributed by atoms with Gasteiger partial charge in [-0.25, -0.2) is 0 Å². The van der Waals surface area contributed by atoms with Gasteiger partial charge in [-0.2, -0.15) is 0 Å². The summed E-state index contributed by atoms with van der Waals surface area (Å²) >= 11 is 7.06. The molecule has 0 bridgehead atoms. The topological polar surface area (TPSA) is 77.2 Å². The summed E-state index contributed by atoms with van der Waals surface area (Å²) < 4.78 is 11.2. The SMILES string of the molecule is CC(C)c1nnc(SCC(=O)Nc2ccc(Oc3ccc(Cl)cc3)cc2)o1. The number of hydrogen-bond donors (Lipinski definition) is 1. The lowest BCUT2D eigenvalue weighted by molar-refractivity contribution is -0.113. The van der Waals surface area contributed by atoms with Gasteiger partial charge in [-0.3, -0.25) is 4.79 Å². The number of nitrogens with one attached hydrogen (secondary N) is 1. The van der Waals surface area contributed by atoms with Crippen molar-refractivity contribution in [2.75, 3.05) is 11.1 Å². The fourth-order valence-corrected chi connectivity index (χ4v) is 2.78. The Kier molecular flexibility index (Phi) is 6.36. The van der Waals surface area contributed by atoms with E-state index in [4.69, 9.17) is 20.8 Å². The Morgan fingerprint density at radius 2 is 1.74 bits per heavy atom. The van der Waals surface area contributed by atoms with E-state index in [9.17, 15) is 4.79 Å². The minimum absolute atomic E-state index is 0.157. The number of amides is 1. The van der Waals surface area contributed by atoms with Crippen LogP contribution in [0.4, 0.5) is 5.69 Å². The van der Waals surface area contributed by atoms with E-state index in [2.05, 4.69) is 15.5 Å². The van der Waals surface area contributed by atoms with Gasteiger partial charge in [-0.05, 0) is 48.5 Å². The highest BCUT2D eigenvalue weighted by atomic mass is 35.5. The molecule has 0 saturated carbocycles. The van der Waals surface area contributed by atoms with Crippen LogP contribution >= 0.6 is 23.4 Å². The van der Waals surface area contributed by atoms with Gasteiger partial charge in [-0.15, -0.1) is 10.2 Å². The van der Waals surface area contributed by atoms with E-state index in [1.807, 2.05) is 13.8 Å². The molecule has 0 atom stereocenters. The number of benzene rings is 2. The molecule has 0 aliphatic rings. The van der Waals surface area contributed by atoms with Gasteiger partial charge in [0.1, 0.15) is 11.5 Å². The second-order valence-electron chi connectivity index (χ2n) is 5.98. The number of thioether (sulfide) groups is 1. The molecule has 140 valence electrons. The van der Waals surface area contributed by atoms with Gasteiger partial charge >= 0.3 is 0 Å². The summed E-state index contributed by atoms with van der Waals surface area (Å²) in [6.07, 6.45) is 0. The molecule has 3 rings (SSSR count). The van der Waals surface area contributed by atoms with Crippen LogP contribution in [0.1, 0.15) is 25.7 Å². The maximum Gasteiger partial charge on any atom is 0.277 e. The fraction of sp³-hybridized carbons (Fsp3) is 0.211. The van der Waals surface area contributed by atoms with Crippen LogP contribution < -0.4 is 10.1 Å². The molecule has 3 aromatic rings. The number of carbonyl (C=O) groups is 1. The van der Waals surface area contributed by atoms with Gasteiger partial charge in [0.15, 0.2) is 0 Å². The summed E-state index contributed by atoms with van der Waals surface area (Å²) in [4.78, 5) is 12.1. The second kappa shape index (κ2) is 8.92. The molecule has 0 unspecified atom stereocenters. The first-order valence-electron chi connectivity index (χ1n) is 8.29. The summed E-state index contributed by atoms with van der Waals surface area (Å²) in [5, 5.41) is 11.7. The molecule has 0 aliphatic heterocycles. The van der Waals surface area contributed by atoms with Crippen LogP contribution in [0.5, 0.6) is 11.5 Å². The molecule has 1 heterocycles. The molecule has 1 aromatic heterocycles. The highest BCUT2D eigenvalue weighted by Gasteiger charge is 2.12. The number of aromatic nitrogens is 2. The van der Waals surface area contributed by atoms with E-state index >= 15 is 0 Å². The fourth-order valence-electron chi connectivity index (χ4n) is 2.08. The van der Waals surface area contributed by atoms with Gasteiger partial charge in [-0.1, -0.05) is 37.2 Å². The normalized spacial score (nSPS) is 10.8. The summed E-state index contributed by atoms with van der Waals surface area (Å²) in [6.45, 7) is 3.93. The van der Waals surface area contributed by atoms with Crippen molar-refractivity contribution >= 4 is 35.0 Å². The van der Waals surface area contributed by atoms with Gasteiger partial charge in [0.2, 0.25) is 11.8 Å². The first kappa shape index (κ1) is 19.3. The van der Waals surface area contributed by atoms with Crippen molar-refractivity contribution < 1.29 is 13.9 Å². The van der Waals surface area contributed by atoms with Crippen LogP contribution in [0.25, 0.3) is 0 Å². The average molecular weight is 404 g/mol. The predicted octanol–water partition coefficient (Wildman–Crippen LogP) is 5.37. The quantitative estimate of drug-likeness (QED) is 0.534. The maximum absolute atomic E-state index is 12.1.